The molecule has 1 aliphatic carbocycles. The van der Waals surface area contributed by atoms with E-state index < -0.39 is 10.0 Å². The zero-order valence-electron chi connectivity index (χ0n) is 19.8. The van der Waals surface area contributed by atoms with Crippen molar-refractivity contribution < 1.29 is 17.9 Å². The molecular formula is C27H34N2O4S. The summed E-state index contributed by atoms with van der Waals surface area (Å²) in [4.78, 5) is 13.7. The first-order valence-electron chi connectivity index (χ1n) is 12.5. The standard InChI is InChI=1S/C27H34N2O4S/c1-20-11-13-22(14-12-20)34(31,32)29-17-7-8-21(19-29)26(30)28-24-18-27(15-5-2-6-16-27)33-25-10-4-3-9-23(24)25/h3-4,9-14,21,24H,2,5-8,15-19H2,1H3,(H,28,30)/t21-,24+/m1/s1. The summed E-state index contributed by atoms with van der Waals surface area (Å²) >= 11 is 0. The number of nitrogens with one attached hydrogen (secondary N) is 1. The number of ether oxygens (including phenoxy) is 1. The number of nitrogens with zero attached hydrogens (tertiary/aromatic N) is 1. The minimum atomic E-state index is -3.62. The zero-order valence-corrected chi connectivity index (χ0v) is 20.6. The molecule has 1 amide bonds. The molecule has 2 aromatic carbocycles. The molecule has 0 radical (unpaired) electrons. The lowest BCUT2D eigenvalue weighted by Crippen LogP contribution is -2.49. The normalized spacial score (nSPS) is 24.7. The predicted octanol–water partition coefficient (Wildman–Crippen LogP) is 4.74. The van der Waals surface area contributed by atoms with Gasteiger partial charge in [-0.05, 0) is 63.6 Å². The van der Waals surface area contributed by atoms with Gasteiger partial charge in [-0.3, -0.25) is 4.79 Å². The largest absolute Gasteiger partial charge is 0.487 e. The number of carbonyl (C=O) groups is 1. The lowest BCUT2D eigenvalue weighted by Gasteiger charge is -2.45. The molecule has 1 N–H and O–H groups in total. The third kappa shape index (κ3) is 4.60. The minimum absolute atomic E-state index is 0.0588. The summed E-state index contributed by atoms with van der Waals surface area (Å²) in [5, 5.41) is 3.30. The Morgan fingerprint density at radius 2 is 1.76 bits per heavy atom. The summed E-state index contributed by atoms with van der Waals surface area (Å²) in [6.45, 7) is 2.60. The molecule has 2 heterocycles. The molecule has 3 aliphatic rings. The fourth-order valence-corrected chi connectivity index (χ4v) is 7.30. The van der Waals surface area contributed by atoms with E-state index in [-0.39, 0.29) is 34.9 Å². The molecule has 2 fully saturated rings. The van der Waals surface area contributed by atoms with Gasteiger partial charge in [0.2, 0.25) is 15.9 Å². The number of hydrogen-bond donors (Lipinski definition) is 1. The summed E-state index contributed by atoms with van der Waals surface area (Å²) in [6.07, 6.45) is 7.71. The van der Waals surface area contributed by atoms with Crippen molar-refractivity contribution >= 4 is 15.9 Å². The second kappa shape index (κ2) is 9.34. The highest BCUT2D eigenvalue weighted by molar-refractivity contribution is 7.89. The number of aryl methyl sites for hydroxylation is 1. The highest BCUT2D eigenvalue weighted by Gasteiger charge is 2.43. The molecule has 1 saturated carbocycles. The molecule has 0 unspecified atom stereocenters. The molecule has 182 valence electrons. The Bertz CT molecular complexity index is 1140. The van der Waals surface area contributed by atoms with Crippen molar-refractivity contribution in [2.45, 2.75) is 74.8 Å². The summed E-state index contributed by atoms with van der Waals surface area (Å²) in [6, 6.07) is 14.8. The zero-order chi connectivity index (χ0) is 23.8. The molecule has 34 heavy (non-hydrogen) atoms. The van der Waals surface area contributed by atoms with Crippen molar-refractivity contribution in [3.8, 4) is 5.75 Å². The number of amides is 1. The third-order valence-corrected chi connectivity index (χ3v) is 9.57. The van der Waals surface area contributed by atoms with E-state index in [1.165, 1.54) is 10.7 Å². The van der Waals surface area contributed by atoms with Crippen LogP contribution in [0, 0.1) is 12.8 Å². The van der Waals surface area contributed by atoms with Crippen molar-refractivity contribution in [2.24, 2.45) is 5.92 Å². The monoisotopic (exact) mass is 482 g/mol. The van der Waals surface area contributed by atoms with E-state index in [0.717, 1.165) is 49.0 Å². The van der Waals surface area contributed by atoms with E-state index >= 15 is 0 Å². The quantitative estimate of drug-likeness (QED) is 0.683. The van der Waals surface area contributed by atoms with Gasteiger partial charge in [-0.15, -0.1) is 0 Å². The van der Waals surface area contributed by atoms with Gasteiger partial charge in [0.25, 0.3) is 0 Å². The number of benzene rings is 2. The van der Waals surface area contributed by atoms with Gasteiger partial charge in [0.15, 0.2) is 0 Å². The van der Waals surface area contributed by atoms with Crippen LogP contribution in [0.3, 0.4) is 0 Å². The third-order valence-electron chi connectivity index (χ3n) is 7.69. The fraction of sp³-hybridized carbons (Fsp3) is 0.519. The maximum Gasteiger partial charge on any atom is 0.243 e. The highest BCUT2D eigenvalue weighted by atomic mass is 32.2. The van der Waals surface area contributed by atoms with E-state index in [0.29, 0.717) is 19.4 Å². The molecule has 0 bridgehead atoms. The Hall–Kier alpha value is -2.38. The van der Waals surface area contributed by atoms with Gasteiger partial charge < -0.3 is 10.1 Å². The summed E-state index contributed by atoms with van der Waals surface area (Å²) in [7, 11) is -3.62. The Balaban J connectivity index is 1.32. The van der Waals surface area contributed by atoms with Crippen molar-refractivity contribution in [3.63, 3.8) is 0 Å². The smallest absolute Gasteiger partial charge is 0.243 e. The van der Waals surface area contributed by atoms with Gasteiger partial charge in [-0.2, -0.15) is 4.31 Å². The predicted molar refractivity (Wildman–Crippen MR) is 131 cm³/mol. The Morgan fingerprint density at radius 3 is 2.53 bits per heavy atom. The molecule has 2 aliphatic heterocycles. The number of fused-ring (bicyclic) bond motifs is 1. The number of carbonyl (C=O) groups excluding carboxylic acids is 1. The second-order valence-corrected chi connectivity index (χ2v) is 12.1. The Labute approximate surface area is 202 Å². The topological polar surface area (TPSA) is 75.7 Å². The van der Waals surface area contributed by atoms with Crippen LogP contribution in [-0.2, 0) is 14.8 Å². The van der Waals surface area contributed by atoms with Crippen LogP contribution in [0.5, 0.6) is 5.75 Å². The van der Waals surface area contributed by atoms with Crippen molar-refractivity contribution in [2.75, 3.05) is 13.1 Å². The minimum Gasteiger partial charge on any atom is -0.487 e. The maximum atomic E-state index is 13.4. The molecule has 0 aromatic heterocycles. The lowest BCUT2D eigenvalue weighted by molar-refractivity contribution is -0.127. The van der Waals surface area contributed by atoms with Crippen LogP contribution in [0.25, 0.3) is 0 Å². The van der Waals surface area contributed by atoms with Gasteiger partial charge in [-0.25, -0.2) is 8.42 Å². The maximum absolute atomic E-state index is 13.4. The van der Waals surface area contributed by atoms with Gasteiger partial charge in [-0.1, -0.05) is 42.3 Å². The van der Waals surface area contributed by atoms with Gasteiger partial charge >= 0.3 is 0 Å². The summed E-state index contributed by atoms with van der Waals surface area (Å²) in [5.41, 5.74) is 1.83. The van der Waals surface area contributed by atoms with Gasteiger partial charge in [0.1, 0.15) is 11.4 Å². The molecule has 6 nitrogen and oxygen atoms in total. The Morgan fingerprint density at radius 1 is 1.03 bits per heavy atom. The van der Waals surface area contributed by atoms with Crippen molar-refractivity contribution in [1.29, 1.82) is 0 Å². The summed E-state index contributed by atoms with van der Waals surface area (Å²) < 4.78 is 34.4. The first-order valence-corrected chi connectivity index (χ1v) is 14.0. The average Bonchev–Trinajstić information content (AvgIpc) is 2.85. The molecule has 5 rings (SSSR count). The van der Waals surface area contributed by atoms with E-state index in [4.69, 9.17) is 4.74 Å². The second-order valence-electron chi connectivity index (χ2n) is 10.2. The first kappa shape index (κ1) is 23.4. The van der Waals surface area contributed by atoms with Crippen LogP contribution in [0.15, 0.2) is 53.4 Å². The number of para-hydroxylation sites is 1. The highest BCUT2D eigenvalue weighted by Crippen LogP contribution is 2.46. The molecular weight excluding hydrogens is 448 g/mol. The molecule has 2 atom stereocenters. The van der Waals surface area contributed by atoms with Crippen LogP contribution in [0.2, 0.25) is 0 Å². The van der Waals surface area contributed by atoms with Crippen LogP contribution < -0.4 is 10.1 Å². The molecule has 1 saturated heterocycles. The number of sulfonamides is 1. The number of piperidine rings is 1. The van der Waals surface area contributed by atoms with Crippen LogP contribution in [0.4, 0.5) is 0 Å². The van der Waals surface area contributed by atoms with E-state index in [1.54, 1.807) is 12.1 Å². The molecule has 7 heteroatoms. The van der Waals surface area contributed by atoms with Crippen molar-refractivity contribution in [1.82, 2.24) is 9.62 Å². The average molecular weight is 483 g/mol. The van der Waals surface area contributed by atoms with Gasteiger partial charge in [0, 0.05) is 25.1 Å². The van der Waals surface area contributed by atoms with E-state index in [9.17, 15) is 13.2 Å². The van der Waals surface area contributed by atoms with Crippen LogP contribution in [-0.4, -0.2) is 37.3 Å². The summed E-state index contributed by atoms with van der Waals surface area (Å²) in [5.74, 6) is 0.455. The Kier molecular flexibility index (Phi) is 6.42. The number of hydrogen-bond acceptors (Lipinski definition) is 4. The SMILES string of the molecule is Cc1ccc(S(=O)(=O)N2CCC[C@@H](C(=O)N[C@H]3CC4(CCCCC4)Oc4ccccc43)C2)cc1. The van der Waals surface area contributed by atoms with Crippen LogP contribution >= 0.6 is 0 Å². The van der Waals surface area contributed by atoms with E-state index in [2.05, 4.69) is 5.32 Å². The molecule has 1 spiro atoms. The van der Waals surface area contributed by atoms with Crippen molar-refractivity contribution in [3.05, 3.63) is 59.7 Å². The fourth-order valence-electron chi connectivity index (χ4n) is 5.77. The van der Waals surface area contributed by atoms with E-state index in [1.807, 2.05) is 43.3 Å². The molecule has 2 aromatic rings. The first-order chi connectivity index (χ1) is 16.4. The van der Waals surface area contributed by atoms with Gasteiger partial charge in [0.05, 0.1) is 16.9 Å². The lowest BCUT2D eigenvalue weighted by atomic mass is 9.77. The number of rotatable bonds is 4. The van der Waals surface area contributed by atoms with Crippen LogP contribution in [0.1, 0.15) is 68.5 Å².